The molecule has 0 radical (unpaired) electrons. The van der Waals surface area contributed by atoms with Crippen molar-refractivity contribution in [2.45, 2.75) is 45.7 Å². The second-order valence-corrected chi connectivity index (χ2v) is 8.18. The molecule has 1 aromatic heterocycles. The molecule has 1 fully saturated rings. The lowest BCUT2D eigenvalue weighted by Gasteiger charge is -2.33. The summed E-state index contributed by atoms with van der Waals surface area (Å²) in [5.41, 5.74) is 2.19. The molecule has 2 aromatic rings. The number of hydrogen-bond acceptors (Lipinski definition) is 4. The number of halogens is 2. The van der Waals surface area contributed by atoms with Crippen LogP contribution in [0.1, 0.15) is 43.0 Å². The molecular weight excluding hydrogens is 425 g/mol. The summed E-state index contributed by atoms with van der Waals surface area (Å²) < 4.78 is 6.75. The molecule has 0 bridgehead atoms. The van der Waals surface area contributed by atoms with Crippen molar-refractivity contribution < 1.29 is 14.3 Å². The highest BCUT2D eigenvalue weighted by Crippen LogP contribution is 2.24. The minimum atomic E-state index is -0.595. The number of likely N-dealkylation sites (tertiary alicyclic amines) is 1. The smallest absolute Gasteiger partial charge is 0.331 e. The molecule has 3 rings (SSSR count). The van der Waals surface area contributed by atoms with Gasteiger partial charge >= 0.3 is 5.97 Å². The van der Waals surface area contributed by atoms with Gasteiger partial charge in [-0.2, -0.15) is 5.10 Å². The molecule has 1 amide bonds. The van der Waals surface area contributed by atoms with Crippen LogP contribution in [0.3, 0.4) is 0 Å². The third-order valence-electron chi connectivity index (χ3n) is 5.23. The standard InChI is InChI=1S/C22H25Cl2N3O3/c1-15-7-5-6-12-26(15)20(28)14-30-21(29)11-10-18-16(2)25-27(22(18)24)13-17-8-3-4-9-19(17)23/h3-4,8-11,15H,5-7,12-14H2,1-2H3. The van der Waals surface area contributed by atoms with Gasteiger partial charge in [-0.25, -0.2) is 9.48 Å². The quantitative estimate of drug-likeness (QED) is 0.480. The molecule has 8 heteroatoms. The van der Waals surface area contributed by atoms with Crippen LogP contribution in [0.25, 0.3) is 6.08 Å². The molecule has 160 valence electrons. The van der Waals surface area contributed by atoms with Crippen molar-refractivity contribution in [1.29, 1.82) is 0 Å². The Balaban J connectivity index is 1.60. The van der Waals surface area contributed by atoms with E-state index in [4.69, 9.17) is 27.9 Å². The summed E-state index contributed by atoms with van der Waals surface area (Å²) in [5, 5.41) is 5.46. The van der Waals surface area contributed by atoms with E-state index in [0.29, 0.717) is 34.5 Å². The van der Waals surface area contributed by atoms with Crippen LogP contribution in [0.15, 0.2) is 30.3 Å². The van der Waals surface area contributed by atoms with E-state index in [1.165, 1.54) is 6.08 Å². The van der Waals surface area contributed by atoms with E-state index < -0.39 is 5.97 Å². The number of rotatable bonds is 6. The lowest BCUT2D eigenvalue weighted by molar-refractivity contribution is -0.149. The molecule has 1 unspecified atom stereocenters. The van der Waals surface area contributed by atoms with Crippen molar-refractivity contribution in [1.82, 2.24) is 14.7 Å². The first-order valence-corrected chi connectivity index (χ1v) is 10.7. The summed E-state index contributed by atoms with van der Waals surface area (Å²) in [6.45, 7) is 4.70. The Labute approximate surface area is 186 Å². The van der Waals surface area contributed by atoms with Crippen LogP contribution in [-0.2, 0) is 20.9 Å². The summed E-state index contributed by atoms with van der Waals surface area (Å²) in [6.07, 6.45) is 5.92. The van der Waals surface area contributed by atoms with Crippen LogP contribution in [0.2, 0.25) is 10.2 Å². The molecule has 2 heterocycles. The van der Waals surface area contributed by atoms with E-state index >= 15 is 0 Å². The first-order chi connectivity index (χ1) is 14.4. The molecule has 1 aromatic carbocycles. The van der Waals surface area contributed by atoms with Gasteiger partial charge in [0.1, 0.15) is 5.15 Å². The second kappa shape index (κ2) is 10.1. The van der Waals surface area contributed by atoms with Gasteiger partial charge in [0, 0.05) is 29.2 Å². The number of benzene rings is 1. The van der Waals surface area contributed by atoms with Gasteiger partial charge in [0.25, 0.3) is 5.91 Å². The van der Waals surface area contributed by atoms with Crippen LogP contribution < -0.4 is 0 Å². The highest BCUT2D eigenvalue weighted by molar-refractivity contribution is 6.32. The van der Waals surface area contributed by atoms with E-state index in [0.717, 1.165) is 24.8 Å². The fourth-order valence-corrected chi connectivity index (χ4v) is 4.03. The normalized spacial score (nSPS) is 16.8. The maximum atomic E-state index is 12.3. The van der Waals surface area contributed by atoms with Gasteiger partial charge in [-0.15, -0.1) is 0 Å². The molecule has 1 aliphatic heterocycles. The monoisotopic (exact) mass is 449 g/mol. The number of aromatic nitrogens is 2. The van der Waals surface area contributed by atoms with Gasteiger partial charge in [0.2, 0.25) is 0 Å². The van der Waals surface area contributed by atoms with Crippen molar-refractivity contribution >= 4 is 41.2 Å². The molecule has 0 N–H and O–H groups in total. The number of ether oxygens (including phenoxy) is 1. The zero-order valence-corrected chi connectivity index (χ0v) is 18.6. The predicted octanol–water partition coefficient (Wildman–Crippen LogP) is 4.50. The number of piperidine rings is 1. The Morgan fingerprint density at radius 1 is 1.27 bits per heavy atom. The zero-order chi connectivity index (χ0) is 21.7. The summed E-state index contributed by atoms with van der Waals surface area (Å²) in [6, 6.07) is 7.66. The van der Waals surface area contributed by atoms with Gasteiger partial charge in [-0.3, -0.25) is 4.79 Å². The van der Waals surface area contributed by atoms with Gasteiger partial charge in [-0.05, 0) is 50.8 Å². The number of hydrogen-bond donors (Lipinski definition) is 0. The number of nitrogens with zero attached hydrogens (tertiary/aromatic N) is 3. The Kier molecular flexibility index (Phi) is 7.56. The van der Waals surface area contributed by atoms with Gasteiger partial charge < -0.3 is 9.64 Å². The predicted molar refractivity (Wildman–Crippen MR) is 118 cm³/mol. The summed E-state index contributed by atoms with van der Waals surface area (Å²) in [7, 11) is 0. The average molecular weight is 450 g/mol. The van der Waals surface area contributed by atoms with Crippen LogP contribution >= 0.6 is 23.2 Å². The number of carbonyl (C=O) groups excluding carboxylic acids is 2. The first-order valence-electron chi connectivity index (χ1n) is 9.97. The van der Waals surface area contributed by atoms with Gasteiger partial charge in [0.05, 0.1) is 12.2 Å². The third kappa shape index (κ3) is 5.43. The summed E-state index contributed by atoms with van der Waals surface area (Å²) in [5.74, 6) is -0.756. The molecule has 0 aliphatic carbocycles. The Bertz CT molecular complexity index is 955. The number of amides is 1. The molecule has 6 nitrogen and oxygen atoms in total. The van der Waals surface area contributed by atoms with Gasteiger partial charge in [-0.1, -0.05) is 41.4 Å². The largest absolute Gasteiger partial charge is 0.452 e. The molecule has 1 atom stereocenters. The minimum absolute atomic E-state index is 0.161. The van der Waals surface area contributed by atoms with Crippen LogP contribution in [0.5, 0.6) is 0 Å². The van der Waals surface area contributed by atoms with Crippen molar-refractivity contribution in [3.8, 4) is 0 Å². The fraction of sp³-hybridized carbons (Fsp3) is 0.409. The van der Waals surface area contributed by atoms with Crippen molar-refractivity contribution in [3.05, 3.63) is 57.3 Å². The fourth-order valence-electron chi connectivity index (χ4n) is 3.53. The minimum Gasteiger partial charge on any atom is -0.452 e. The SMILES string of the molecule is Cc1nn(Cc2ccccc2Cl)c(Cl)c1C=CC(=O)OCC(=O)N1CCCCC1C. The van der Waals surface area contributed by atoms with E-state index in [1.807, 2.05) is 31.2 Å². The van der Waals surface area contributed by atoms with Gasteiger partial charge in [0.15, 0.2) is 6.61 Å². The van der Waals surface area contributed by atoms with Crippen LogP contribution in [0.4, 0.5) is 0 Å². The first kappa shape index (κ1) is 22.4. The second-order valence-electron chi connectivity index (χ2n) is 7.41. The highest BCUT2D eigenvalue weighted by Gasteiger charge is 2.23. The van der Waals surface area contributed by atoms with Crippen molar-refractivity contribution in [2.24, 2.45) is 0 Å². The van der Waals surface area contributed by atoms with Crippen LogP contribution in [-0.4, -0.2) is 45.8 Å². The Morgan fingerprint density at radius 3 is 2.77 bits per heavy atom. The Morgan fingerprint density at radius 2 is 2.03 bits per heavy atom. The molecule has 0 spiro atoms. The van der Waals surface area contributed by atoms with E-state index in [2.05, 4.69) is 5.10 Å². The number of esters is 1. The number of carbonyl (C=O) groups is 2. The maximum Gasteiger partial charge on any atom is 0.331 e. The third-order valence-corrected chi connectivity index (χ3v) is 6.00. The zero-order valence-electron chi connectivity index (χ0n) is 17.1. The van der Waals surface area contributed by atoms with E-state index in [-0.39, 0.29) is 18.6 Å². The van der Waals surface area contributed by atoms with Crippen LogP contribution in [0, 0.1) is 6.92 Å². The van der Waals surface area contributed by atoms with Crippen molar-refractivity contribution in [2.75, 3.05) is 13.2 Å². The van der Waals surface area contributed by atoms with E-state index in [9.17, 15) is 9.59 Å². The molecule has 1 aliphatic rings. The summed E-state index contributed by atoms with van der Waals surface area (Å²) in [4.78, 5) is 26.1. The van der Waals surface area contributed by atoms with E-state index in [1.54, 1.807) is 22.6 Å². The highest BCUT2D eigenvalue weighted by atomic mass is 35.5. The topological polar surface area (TPSA) is 64.4 Å². The maximum absolute atomic E-state index is 12.3. The molecule has 1 saturated heterocycles. The lowest BCUT2D eigenvalue weighted by atomic mass is 10.0. The Hall–Kier alpha value is -2.31. The van der Waals surface area contributed by atoms with Crippen molar-refractivity contribution in [3.63, 3.8) is 0 Å². The molecule has 30 heavy (non-hydrogen) atoms. The molecule has 0 saturated carbocycles. The number of aryl methyl sites for hydroxylation is 1. The average Bonchev–Trinajstić information content (AvgIpc) is 2.99. The summed E-state index contributed by atoms with van der Waals surface area (Å²) >= 11 is 12.7. The lowest BCUT2D eigenvalue weighted by Crippen LogP contribution is -2.44. The molecular formula is C22H25Cl2N3O3.